The summed E-state index contributed by atoms with van der Waals surface area (Å²) in [7, 11) is 0. The molecule has 1 aromatic carbocycles. The number of nitrogens with one attached hydrogen (secondary N) is 1. The minimum atomic E-state index is 0.138. The molecule has 3 rings (SSSR count). The minimum Gasteiger partial charge on any atom is -0.334 e. The Labute approximate surface area is 122 Å². The van der Waals surface area contributed by atoms with Crippen LogP contribution in [0.1, 0.15) is 36.8 Å². The van der Waals surface area contributed by atoms with Crippen molar-refractivity contribution in [1.29, 1.82) is 0 Å². The lowest BCUT2D eigenvalue weighted by Crippen LogP contribution is -2.23. The van der Waals surface area contributed by atoms with Crippen LogP contribution in [0.15, 0.2) is 30.6 Å². The Kier molecular flexibility index (Phi) is 3.52. The van der Waals surface area contributed by atoms with Crippen molar-refractivity contribution >= 4 is 23.2 Å². The molecular formula is C14H15Cl2N3. The van der Waals surface area contributed by atoms with E-state index in [0.29, 0.717) is 5.02 Å². The van der Waals surface area contributed by atoms with Gasteiger partial charge in [0.2, 0.25) is 0 Å². The maximum Gasteiger partial charge on any atom is 0.125 e. The van der Waals surface area contributed by atoms with Crippen molar-refractivity contribution in [1.82, 2.24) is 14.9 Å². The topological polar surface area (TPSA) is 29.9 Å². The third-order valence-electron chi connectivity index (χ3n) is 3.59. The van der Waals surface area contributed by atoms with Crippen LogP contribution in [0, 0.1) is 0 Å². The zero-order chi connectivity index (χ0) is 13.4. The van der Waals surface area contributed by atoms with E-state index in [1.165, 1.54) is 0 Å². The molecule has 0 bridgehead atoms. The lowest BCUT2D eigenvalue weighted by molar-refractivity contribution is 0.458. The predicted molar refractivity (Wildman–Crippen MR) is 77.6 cm³/mol. The molecule has 0 fully saturated rings. The molecule has 0 spiro atoms. The predicted octanol–water partition coefficient (Wildman–Crippen LogP) is 3.99. The first-order valence-electron chi connectivity index (χ1n) is 6.37. The van der Waals surface area contributed by atoms with Crippen molar-refractivity contribution < 1.29 is 0 Å². The van der Waals surface area contributed by atoms with Gasteiger partial charge in [0.15, 0.2) is 0 Å². The maximum atomic E-state index is 6.24. The van der Waals surface area contributed by atoms with Gasteiger partial charge in [-0.15, -0.1) is 0 Å². The molecule has 1 N–H and O–H groups in total. The molecule has 2 heterocycles. The number of imidazole rings is 1. The van der Waals surface area contributed by atoms with Crippen molar-refractivity contribution in [3.05, 3.63) is 52.0 Å². The SMILES string of the molecule is C[C@H](NC1CCn2ccnc21)c1cc(Cl)ccc1Cl. The van der Waals surface area contributed by atoms with Crippen LogP contribution in [-0.2, 0) is 6.54 Å². The lowest BCUT2D eigenvalue weighted by Gasteiger charge is -2.20. The third kappa shape index (κ3) is 2.50. The molecular weight excluding hydrogens is 281 g/mol. The van der Waals surface area contributed by atoms with E-state index in [2.05, 4.69) is 21.8 Å². The normalized spacial score (nSPS) is 19.4. The Bertz CT molecular complexity index is 594. The molecule has 19 heavy (non-hydrogen) atoms. The van der Waals surface area contributed by atoms with Gasteiger partial charge < -0.3 is 9.88 Å². The highest BCUT2D eigenvalue weighted by atomic mass is 35.5. The molecule has 1 aromatic heterocycles. The van der Waals surface area contributed by atoms with Gasteiger partial charge in [-0.2, -0.15) is 0 Å². The average molecular weight is 296 g/mol. The van der Waals surface area contributed by atoms with Crippen LogP contribution >= 0.6 is 23.2 Å². The van der Waals surface area contributed by atoms with Crippen LogP contribution in [0.25, 0.3) is 0 Å². The molecule has 2 aromatic rings. The van der Waals surface area contributed by atoms with Crippen LogP contribution in [0.2, 0.25) is 10.0 Å². The second-order valence-corrected chi connectivity index (χ2v) is 5.72. The summed E-state index contributed by atoms with van der Waals surface area (Å²) >= 11 is 12.3. The van der Waals surface area contributed by atoms with Crippen LogP contribution in [0.4, 0.5) is 0 Å². The van der Waals surface area contributed by atoms with Crippen LogP contribution in [0.3, 0.4) is 0 Å². The molecule has 1 aliphatic heterocycles. The molecule has 0 amide bonds. The first-order chi connectivity index (χ1) is 9.15. The second kappa shape index (κ2) is 5.16. The highest BCUT2D eigenvalue weighted by molar-refractivity contribution is 6.33. The third-order valence-corrected chi connectivity index (χ3v) is 4.17. The summed E-state index contributed by atoms with van der Waals surface area (Å²) in [5.74, 6) is 1.10. The highest BCUT2D eigenvalue weighted by Gasteiger charge is 2.25. The fourth-order valence-corrected chi connectivity index (χ4v) is 3.07. The summed E-state index contributed by atoms with van der Waals surface area (Å²) in [6.45, 7) is 3.12. The number of aromatic nitrogens is 2. The zero-order valence-corrected chi connectivity index (χ0v) is 12.1. The van der Waals surface area contributed by atoms with Gasteiger partial charge in [0.1, 0.15) is 5.82 Å². The van der Waals surface area contributed by atoms with Crippen molar-refractivity contribution in [3.8, 4) is 0 Å². The number of hydrogen-bond donors (Lipinski definition) is 1. The summed E-state index contributed by atoms with van der Waals surface area (Å²) in [5.41, 5.74) is 1.03. The number of aryl methyl sites for hydroxylation is 1. The van der Waals surface area contributed by atoms with E-state index in [1.54, 1.807) is 0 Å². The van der Waals surface area contributed by atoms with E-state index in [9.17, 15) is 0 Å². The number of fused-ring (bicyclic) bond motifs is 1. The Morgan fingerprint density at radius 1 is 1.42 bits per heavy atom. The highest BCUT2D eigenvalue weighted by Crippen LogP contribution is 2.30. The Hall–Kier alpha value is -1.03. The molecule has 0 saturated heterocycles. The van der Waals surface area contributed by atoms with Crippen LogP contribution in [-0.4, -0.2) is 9.55 Å². The van der Waals surface area contributed by atoms with Gasteiger partial charge in [0.05, 0.1) is 6.04 Å². The van der Waals surface area contributed by atoms with E-state index >= 15 is 0 Å². The summed E-state index contributed by atoms with van der Waals surface area (Å²) in [4.78, 5) is 4.41. The van der Waals surface area contributed by atoms with Crippen LogP contribution in [0.5, 0.6) is 0 Å². The Balaban J connectivity index is 1.79. The lowest BCUT2D eigenvalue weighted by atomic mass is 10.1. The fraction of sp³-hybridized carbons (Fsp3) is 0.357. The smallest absolute Gasteiger partial charge is 0.125 e. The van der Waals surface area contributed by atoms with Crippen molar-refractivity contribution in [3.63, 3.8) is 0 Å². The van der Waals surface area contributed by atoms with E-state index < -0.39 is 0 Å². The minimum absolute atomic E-state index is 0.138. The summed E-state index contributed by atoms with van der Waals surface area (Å²) in [5, 5.41) is 5.03. The molecule has 0 aliphatic carbocycles. The first-order valence-corrected chi connectivity index (χ1v) is 7.13. The number of hydrogen-bond acceptors (Lipinski definition) is 2. The summed E-state index contributed by atoms with van der Waals surface area (Å²) < 4.78 is 2.18. The number of rotatable bonds is 3. The molecule has 100 valence electrons. The molecule has 1 aliphatic rings. The molecule has 2 atom stereocenters. The number of benzene rings is 1. The molecule has 5 heteroatoms. The van der Waals surface area contributed by atoms with Crippen molar-refractivity contribution in [2.45, 2.75) is 32.0 Å². The van der Waals surface area contributed by atoms with Gasteiger partial charge in [0, 0.05) is 35.0 Å². The maximum absolute atomic E-state index is 6.24. The van der Waals surface area contributed by atoms with Gasteiger partial charge >= 0.3 is 0 Å². The van der Waals surface area contributed by atoms with Gasteiger partial charge in [-0.3, -0.25) is 0 Å². The molecule has 0 saturated carbocycles. The fourth-order valence-electron chi connectivity index (χ4n) is 2.61. The standard InChI is InChI=1S/C14H15Cl2N3/c1-9(11-8-10(15)2-3-12(11)16)18-13-4-6-19-7-5-17-14(13)19/h2-3,5,7-9,13,18H,4,6H2,1H3/t9-,13?/m0/s1. The van der Waals surface area contributed by atoms with Crippen molar-refractivity contribution in [2.24, 2.45) is 0 Å². The largest absolute Gasteiger partial charge is 0.334 e. The van der Waals surface area contributed by atoms with E-state index in [-0.39, 0.29) is 12.1 Å². The Morgan fingerprint density at radius 2 is 2.26 bits per heavy atom. The quantitative estimate of drug-likeness (QED) is 0.928. The van der Waals surface area contributed by atoms with Gasteiger partial charge in [-0.25, -0.2) is 4.98 Å². The van der Waals surface area contributed by atoms with E-state index in [4.69, 9.17) is 23.2 Å². The monoisotopic (exact) mass is 295 g/mol. The molecule has 1 unspecified atom stereocenters. The van der Waals surface area contributed by atoms with Gasteiger partial charge in [-0.05, 0) is 37.1 Å². The van der Waals surface area contributed by atoms with Gasteiger partial charge in [-0.1, -0.05) is 23.2 Å². The first kappa shape index (κ1) is 13.0. The molecule has 0 radical (unpaired) electrons. The van der Waals surface area contributed by atoms with E-state index in [1.807, 2.05) is 30.6 Å². The van der Waals surface area contributed by atoms with Crippen molar-refractivity contribution in [2.75, 3.05) is 0 Å². The van der Waals surface area contributed by atoms with Crippen LogP contribution < -0.4 is 5.32 Å². The van der Waals surface area contributed by atoms with E-state index in [0.717, 1.165) is 29.4 Å². The number of halogens is 2. The average Bonchev–Trinajstić information content (AvgIpc) is 2.97. The Morgan fingerprint density at radius 3 is 3.11 bits per heavy atom. The zero-order valence-electron chi connectivity index (χ0n) is 10.6. The second-order valence-electron chi connectivity index (χ2n) is 4.87. The summed E-state index contributed by atoms with van der Waals surface area (Å²) in [6.07, 6.45) is 4.93. The summed E-state index contributed by atoms with van der Waals surface area (Å²) in [6, 6.07) is 5.98. The number of nitrogens with zero attached hydrogens (tertiary/aromatic N) is 2. The molecule has 3 nitrogen and oxygen atoms in total. The van der Waals surface area contributed by atoms with Gasteiger partial charge in [0.25, 0.3) is 0 Å².